The molecule has 0 radical (unpaired) electrons. The van der Waals surface area contributed by atoms with Crippen LogP contribution in [0.1, 0.15) is 45.1 Å². The largest absolute Gasteiger partial charge is 0.376 e. The van der Waals surface area contributed by atoms with Crippen molar-refractivity contribution < 1.29 is 9.53 Å². The second-order valence-corrected chi connectivity index (χ2v) is 10.6. The molecule has 1 unspecified atom stereocenters. The molecular weight excluding hydrogens is 386 g/mol. The van der Waals surface area contributed by atoms with E-state index in [0.717, 1.165) is 45.4 Å². The first-order valence-corrected chi connectivity index (χ1v) is 12.3. The average molecular weight is 424 g/mol. The predicted octanol–water partition coefficient (Wildman–Crippen LogP) is 3.33. The molecular formula is C26H37N3O2. The van der Waals surface area contributed by atoms with Gasteiger partial charge in [0.25, 0.3) is 0 Å². The fraction of sp³-hybridized carbons (Fsp3) is 0.692. The van der Waals surface area contributed by atoms with Crippen molar-refractivity contribution in [2.45, 2.75) is 63.6 Å². The van der Waals surface area contributed by atoms with E-state index in [2.05, 4.69) is 60.6 Å². The smallest absolute Gasteiger partial charge is 0.248 e. The van der Waals surface area contributed by atoms with Crippen molar-refractivity contribution in [2.24, 2.45) is 28.7 Å². The van der Waals surface area contributed by atoms with Crippen LogP contribution < -0.4 is 5.32 Å². The molecule has 6 rings (SSSR count). The number of rotatable bonds is 7. The first-order valence-electron chi connectivity index (χ1n) is 12.3. The second-order valence-electron chi connectivity index (χ2n) is 10.6. The summed E-state index contributed by atoms with van der Waals surface area (Å²) in [5.74, 6) is 2.00. The van der Waals surface area contributed by atoms with Gasteiger partial charge in [-0.25, -0.2) is 0 Å². The zero-order valence-electron chi connectivity index (χ0n) is 19.0. The molecule has 4 aliphatic heterocycles. The van der Waals surface area contributed by atoms with Gasteiger partial charge in [0.1, 0.15) is 5.54 Å². The van der Waals surface area contributed by atoms with Crippen LogP contribution in [0.3, 0.4) is 0 Å². The molecule has 4 bridgehead atoms. The summed E-state index contributed by atoms with van der Waals surface area (Å²) in [4.78, 5) is 21.5. The molecule has 1 aliphatic carbocycles. The van der Waals surface area contributed by atoms with E-state index in [1.54, 1.807) is 0 Å². The number of likely N-dealkylation sites (tertiary alicyclic amines) is 1. The third-order valence-corrected chi connectivity index (χ3v) is 7.96. The minimum atomic E-state index is -0.639. The van der Waals surface area contributed by atoms with Crippen LogP contribution in [0.25, 0.3) is 0 Å². The van der Waals surface area contributed by atoms with Crippen molar-refractivity contribution in [3.8, 4) is 0 Å². The number of carbonyl (C=O) groups is 1. The Kier molecular flexibility index (Phi) is 5.91. The summed E-state index contributed by atoms with van der Waals surface area (Å²) in [5.41, 5.74) is 0.673. The van der Waals surface area contributed by atoms with Gasteiger partial charge in [-0.1, -0.05) is 44.2 Å². The number of nitrogens with one attached hydrogen (secondary N) is 1. The molecule has 5 aliphatic rings. The van der Waals surface area contributed by atoms with Crippen molar-refractivity contribution in [1.82, 2.24) is 10.2 Å². The molecule has 4 heterocycles. The molecule has 3 fully saturated rings. The summed E-state index contributed by atoms with van der Waals surface area (Å²) in [5, 5.41) is 3.28. The van der Waals surface area contributed by atoms with Crippen LogP contribution in [0.5, 0.6) is 0 Å². The lowest BCUT2D eigenvalue weighted by Crippen LogP contribution is -2.64. The van der Waals surface area contributed by atoms with E-state index in [1.165, 1.54) is 12.0 Å². The molecule has 31 heavy (non-hydrogen) atoms. The van der Waals surface area contributed by atoms with Gasteiger partial charge in [0.05, 0.1) is 6.10 Å². The van der Waals surface area contributed by atoms with Crippen LogP contribution in [-0.2, 0) is 16.0 Å². The van der Waals surface area contributed by atoms with Crippen LogP contribution >= 0.6 is 0 Å². The van der Waals surface area contributed by atoms with E-state index in [9.17, 15) is 4.79 Å². The molecule has 1 saturated carbocycles. The Hall–Kier alpha value is -1.72. The number of hydrogen-bond donors (Lipinski definition) is 1. The van der Waals surface area contributed by atoms with Crippen molar-refractivity contribution >= 4 is 12.1 Å². The lowest BCUT2D eigenvalue weighted by Gasteiger charge is -2.51. The van der Waals surface area contributed by atoms with Gasteiger partial charge in [-0.3, -0.25) is 14.7 Å². The van der Waals surface area contributed by atoms with Crippen LogP contribution in [0, 0.1) is 23.7 Å². The van der Waals surface area contributed by atoms with Crippen LogP contribution in [0.15, 0.2) is 35.3 Å². The van der Waals surface area contributed by atoms with Gasteiger partial charge in [0.2, 0.25) is 5.91 Å². The quantitative estimate of drug-likeness (QED) is 0.732. The van der Waals surface area contributed by atoms with E-state index in [0.29, 0.717) is 30.3 Å². The standard InChI is InChI=1S/C26H37N3O2/c1-18(2)16-29-17-20-13-26(25(30)27-14-21-10-6-7-11-31-21)23(24(29)22(20)15-28-26)12-19-8-4-3-5-9-19/h3-5,8-9,15,18,20-24H,6-7,10-14,16-17H2,1-2H3,(H,27,30)/t20-,21?,22-,23+,24+,26+/m1/s1. The monoisotopic (exact) mass is 423 g/mol. The van der Waals surface area contributed by atoms with Crippen molar-refractivity contribution in [1.29, 1.82) is 0 Å². The van der Waals surface area contributed by atoms with E-state index >= 15 is 0 Å². The molecule has 1 N–H and O–H groups in total. The van der Waals surface area contributed by atoms with Crippen molar-refractivity contribution in [2.75, 3.05) is 26.2 Å². The Balaban J connectivity index is 1.41. The highest BCUT2D eigenvalue weighted by atomic mass is 16.5. The predicted molar refractivity (Wildman–Crippen MR) is 123 cm³/mol. The second kappa shape index (κ2) is 8.67. The van der Waals surface area contributed by atoms with E-state index in [-0.39, 0.29) is 17.9 Å². The SMILES string of the molecule is CC(C)CN1C[C@H]2C[C@]3(C(=O)NCC4CCCCO4)N=C[C@H]2[C@H]1[C@@H]3Cc1ccccc1. The molecule has 6 atom stereocenters. The first-order chi connectivity index (χ1) is 15.1. The summed E-state index contributed by atoms with van der Waals surface area (Å²) < 4.78 is 5.87. The number of carbonyl (C=O) groups excluding carboxylic acids is 1. The number of aliphatic imine (C=N–C) groups is 1. The number of nitrogens with zero attached hydrogens (tertiary/aromatic N) is 2. The summed E-state index contributed by atoms with van der Waals surface area (Å²) in [6.45, 7) is 8.23. The van der Waals surface area contributed by atoms with E-state index in [1.807, 2.05) is 0 Å². The van der Waals surface area contributed by atoms with Gasteiger partial charge in [-0.05, 0) is 49.5 Å². The number of amides is 1. The molecule has 5 nitrogen and oxygen atoms in total. The average Bonchev–Trinajstić information content (AvgIpc) is 3.08. The van der Waals surface area contributed by atoms with E-state index < -0.39 is 5.54 Å². The lowest BCUT2D eigenvalue weighted by molar-refractivity contribution is -0.132. The molecule has 1 aromatic carbocycles. The van der Waals surface area contributed by atoms with Gasteiger partial charge in [-0.15, -0.1) is 0 Å². The number of hydrogen-bond acceptors (Lipinski definition) is 4. The summed E-state index contributed by atoms with van der Waals surface area (Å²) in [6, 6.07) is 11.1. The Morgan fingerprint density at radius 2 is 2.13 bits per heavy atom. The van der Waals surface area contributed by atoms with Gasteiger partial charge in [0.15, 0.2) is 0 Å². The van der Waals surface area contributed by atoms with Gasteiger partial charge < -0.3 is 10.1 Å². The molecule has 2 saturated heterocycles. The Bertz CT molecular complexity index is 804. The Morgan fingerprint density at radius 1 is 1.29 bits per heavy atom. The van der Waals surface area contributed by atoms with Crippen LogP contribution in [0.4, 0.5) is 0 Å². The highest BCUT2D eigenvalue weighted by Crippen LogP contribution is 2.54. The summed E-state index contributed by atoms with van der Waals surface area (Å²) in [6.07, 6.45) is 7.46. The first kappa shape index (κ1) is 21.1. The Morgan fingerprint density at radius 3 is 2.87 bits per heavy atom. The minimum absolute atomic E-state index is 0.124. The zero-order valence-corrected chi connectivity index (χ0v) is 19.0. The van der Waals surface area contributed by atoms with Crippen molar-refractivity contribution in [3.63, 3.8) is 0 Å². The van der Waals surface area contributed by atoms with Gasteiger partial charge in [0, 0.05) is 50.3 Å². The number of benzene rings is 1. The minimum Gasteiger partial charge on any atom is -0.376 e. The fourth-order valence-electron chi connectivity index (χ4n) is 6.67. The van der Waals surface area contributed by atoms with Crippen LogP contribution in [-0.4, -0.2) is 60.9 Å². The molecule has 1 amide bonds. The molecule has 5 heteroatoms. The fourth-order valence-corrected chi connectivity index (χ4v) is 6.67. The maximum absolute atomic E-state index is 13.8. The zero-order chi connectivity index (χ0) is 21.4. The molecule has 1 aromatic rings. The highest BCUT2D eigenvalue weighted by Gasteiger charge is 2.63. The van der Waals surface area contributed by atoms with Crippen LogP contribution in [0.2, 0.25) is 0 Å². The number of ether oxygens (including phenoxy) is 1. The summed E-state index contributed by atoms with van der Waals surface area (Å²) >= 11 is 0. The van der Waals surface area contributed by atoms with Gasteiger partial charge >= 0.3 is 0 Å². The lowest BCUT2D eigenvalue weighted by atomic mass is 9.59. The molecule has 0 spiro atoms. The van der Waals surface area contributed by atoms with Gasteiger partial charge in [-0.2, -0.15) is 0 Å². The molecule has 0 aromatic heterocycles. The Labute approximate surface area is 186 Å². The third-order valence-electron chi connectivity index (χ3n) is 7.96. The third kappa shape index (κ3) is 3.95. The highest BCUT2D eigenvalue weighted by molar-refractivity contribution is 5.91. The molecule has 168 valence electrons. The topological polar surface area (TPSA) is 53.9 Å². The normalized spacial score (nSPS) is 36.8. The summed E-state index contributed by atoms with van der Waals surface area (Å²) in [7, 11) is 0. The van der Waals surface area contributed by atoms with E-state index in [4.69, 9.17) is 9.73 Å². The maximum Gasteiger partial charge on any atom is 0.248 e. The maximum atomic E-state index is 13.8. The van der Waals surface area contributed by atoms with Crippen molar-refractivity contribution in [3.05, 3.63) is 35.9 Å².